The van der Waals surface area contributed by atoms with Crippen LogP contribution < -0.4 is 5.73 Å². The van der Waals surface area contributed by atoms with Gasteiger partial charge in [-0.1, -0.05) is 25.0 Å². The summed E-state index contributed by atoms with van der Waals surface area (Å²) in [4.78, 5) is 10.8. The molecule has 2 aromatic heterocycles. The van der Waals surface area contributed by atoms with Crippen molar-refractivity contribution in [3.8, 4) is 0 Å². The molecule has 130 valence electrons. The fourth-order valence-corrected chi connectivity index (χ4v) is 5.12. The van der Waals surface area contributed by atoms with Gasteiger partial charge in [0.15, 0.2) is 0 Å². The van der Waals surface area contributed by atoms with Gasteiger partial charge in [0.05, 0.1) is 11.2 Å². The number of hydrogen-bond donors (Lipinski definition) is 2. The van der Waals surface area contributed by atoms with E-state index in [9.17, 15) is 12.8 Å². The Balaban J connectivity index is 1.96. The van der Waals surface area contributed by atoms with E-state index in [-0.39, 0.29) is 22.1 Å². The second kappa shape index (κ2) is 5.80. The lowest BCUT2D eigenvalue weighted by atomic mass is 10.0. The Morgan fingerprint density at radius 3 is 2.60 bits per heavy atom. The maximum Gasteiger partial charge on any atom is 0.215 e. The van der Waals surface area contributed by atoms with Crippen molar-refractivity contribution in [2.24, 2.45) is 0 Å². The van der Waals surface area contributed by atoms with Crippen LogP contribution in [0, 0.1) is 5.82 Å². The second-order valence-electron chi connectivity index (χ2n) is 6.27. The summed E-state index contributed by atoms with van der Waals surface area (Å²) in [5.41, 5.74) is 7.50. The molecule has 0 amide bonds. The minimum absolute atomic E-state index is 0.0435. The largest absolute Gasteiger partial charge is 0.384 e. The fourth-order valence-electron chi connectivity index (χ4n) is 3.57. The predicted molar refractivity (Wildman–Crippen MR) is 91.4 cm³/mol. The Morgan fingerprint density at radius 1 is 1.16 bits per heavy atom. The quantitative estimate of drug-likeness (QED) is 0.747. The van der Waals surface area contributed by atoms with Crippen LogP contribution in [-0.4, -0.2) is 23.4 Å². The fraction of sp³-hybridized carbons (Fsp3) is 0.294. The number of nitrogens with zero attached hydrogens (tertiary/aromatic N) is 2. The monoisotopic (exact) mass is 360 g/mol. The van der Waals surface area contributed by atoms with E-state index in [2.05, 4.69) is 15.0 Å². The number of nitrogens with two attached hydrogens (primary N) is 1. The number of nitrogen functional groups attached to an aromatic ring is 1. The number of sulfone groups is 1. The molecule has 0 spiro atoms. The number of H-pyrrole nitrogens is 1. The van der Waals surface area contributed by atoms with Gasteiger partial charge in [-0.25, -0.2) is 22.8 Å². The van der Waals surface area contributed by atoms with Crippen LogP contribution in [0.5, 0.6) is 0 Å². The maximum atomic E-state index is 14.1. The van der Waals surface area contributed by atoms with Crippen LogP contribution in [0.1, 0.15) is 37.3 Å². The van der Waals surface area contributed by atoms with Crippen molar-refractivity contribution in [2.45, 2.75) is 41.4 Å². The molecule has 1 aromatic carbocycles. The molecule has 0 aliphatic heterocycles. The molecule has 6 nitrogen and oxygen atoms in total. The molecule has 4 rings (SSSR count). The predicted octanol–water partition coefficient (Wildman–Crippen LogP) is 3.17. The second-order valence-corrected chi connectivity index (χ2v) is 8.12. The van der Waals surface area contributed by atoms with Crippen LogP contribution in [0.4, 0.5) is 10.2 Å². The summed E-state index contributed by atoms with van der Waals surface area (Å²) in [6, 6.07) is 5.24. The van der Waals surface area contributed by atoms with E-state index in [0.29, 0.717) is 5.52 Å². The van der Waals surface area contributed by atoms with Crippen LogP contribution >= 0.6 is 0 Å². The molecular weight excluding hydrogens is 343 g/mol. The summed E-state index contributed by atoms with van der Waals surface area (Å²) < 4.78 is 40.0. The third kappa shape index (κ3) is 2.48. The Hall–Kier alpha value is -2.48. The topological polar surface area (TPSA) is 102 Å². The van der Waals surface area contributed by atoms with Gasteiger partial charge in [0.25, 0.3) is 0 Å². The van der Waals surface area contributed by atoms with Crippen LogP contribution in [0.15, 0.2) is 40.4 Å². The highest BCUT2D eigenvalue weighted by molar-refractivity contribution is 7.92. The van der Waals surface area contributed by atoms with Gasteiger partial charge in [0.1, 0.15) is 33.3 Å². The van der Waals surface area contributed by atoms with Gasteiger partial charge in [-0.05, 0) is 25.0 Å². The van der Waals surface area contributed by atoms with Crippen molar-refractivity contribution in [3.63, 3.8) is 0 Å². The van der Waals surface area contributed by atoms with E-state index >= 15 is 0 Å². The molecule has 8 heteroatoms. The molecule has 1 aliphatic rings. The standard InChI is InChI=1S/C17H17FN4O2S/c18-11-7-3-4-8-12(11)25(23,24)16-15-14(22-17(16)19)13(20-9-21-15)10-5-1-2-6-10/h3-4,7-10,22H,1-2,5-6,19H2. The average molecular weight is 360 g/mol. The molecule has 0 bridgehead atoms. The van der Waals surface area contributed by atoms with Crippen molar-refractivity contribution in [3.05, 3.63) is 42.1 Å². The van der Waals surface area contributed by atoms with Crippen LogP contribution in [0.2, 0.25) is 0 Å². The highest BCUT2D eigenvalue weighted by Gasteiger charge is 2.31. The number of anilines is 1. The SMILES string of the molecule is Nc1[nH]c2c(C3CCCC3)ncnc2c1S(=O)(=O)c1ccccc1F. The molecule has 1 aliphatic carbocycles. The van der Waals surface area contributed by atoms with Gasteiger partial charge in [-0.15, -0.1) is 0 Å². The van der Waals surface area contributed by atoms with Crippen LogP contribution in [-0.2, 0) is 9.84 Å². The lowest BCUT2D eigenvalue weighted by molar-refractivity contribution is 0.567. The lowest BCUT2D eigenvalue weighted by Gasteiger charge is -2.09. The Bertz CT molecular complexity index is 1060. The van der Waals surface area contributed by atoms with Crippen LogP contribution in [0.3, 0.4) is 0 Å². The van der Waals surface area contributed by atoms with Crippen molar-refractivity contribution >= 4 is 26.7 Å². The first-order chi connectivity index (χ1) is 12.0. The summed E-state index contributed by atoms with van der Waals surface area (Å²) in [5.74, 6) is -0.605. The van der Waals surface area contributed by atoms with Crippen molar-refractivity contribution < 1.29 is 12.8 Å². The first kappa shape index (κ1) is 16.0. The Kier molecular flexibility index (Phi) is 3.72. The van der Waals surface area contributed by atoms with Gasteiger partial charge in [0.2, 0.25) is 9.84 Å². The third-order valence-electron chi connectivity index (χ3n) is 4.73. The first-order valence-corrected chi connectivity index (χ1v) is 9.60. The number of benzene rings is 1. The minimum Gasteiger partial charge on any atom is -0.384 e. The van der Waals surface area contributed by atoms with Crippen molar-refractivity contribution in [2.75, 3.05) is 5.73 Å². The molecule has 3 aromatic rings. The van der Waals surface area contributed by atoms with Crippen molar-refractivity contribution in [1.82, 2.24) is 15.0 Å². The number of halogens is 1. The van der Waals surface area contributed by atoms with Crippen molar-refractivity contribution in [1.29, 1.82) is 0 Å². The highest BCUT2D eigenvalue weighted by atomic mass is 32.2. The van der Waals surface area contributed by atoms with E-state index in [1.165, 1.54) is 24.5 Å². The molecule has 2 heterocycles. The zero-order valence-corrected chi connectivity index (χ0v) is 14.2. The van der Waals surface area contributed by atoms with E-state index < -0.39 is 20.5 Å². The number of rotatable bonds is 3. The molecule has 0 atom stereocenters. The van der Waals surface area contributed by atoms with E-state index in [0.717, 1.165) is 37.4 Å². The lowest BCUT2D eigenvalue weighted by Crippen LogP contribution is -2.07. The molecular formula is C17H17FN4O2S. The molecule has 0 unspecified atom stereocenters. The number of nitrogens with one attached hydrogen (secondary N) is 1. The minimum atomic E-state index is -4.15. The number of hydrogen-bond acceptors (Lipinski definition) is 5. The smallest absolute Gasteiger partial charge is 0.215 e. The van der Waals surface area contributed by atoms with Gasteiger partial charge >= 0.3 is 0 Å². The first-order valence-electron chi connectivity index (χ1n) is 8.12. The van der Waals surface area contributed by atoms with Gasteiger partial charge < -0.3 is 10.7 Å². The highest BCUT2D eigenvalue weighted by Crippen LogP contribution is 2.39. The van der Waals surface area contributed by atoms with Crippen LogP contribution in [0.25, 0.3) is 11.0 Å². The van der Waals surface area contributed by atoms with Gasteiger partial charge in [-0.2, -0.15) is 0 Å². The zero-order chi connectivity index (χ0) is 17.6. The third-order valence-corrected chi connectivity index (χ3v) is 6.59. The normalized spacial score (nSPS) is 15.9. The summed E-state index contributed by atoms with van der Waals surface area (Å²) in [7, 11) is -4.15. The molecule has 1 saturated carbocycles. The molecule has 0 saturated heterocycles. The Labute approximate surface area is 144 Å². The molecule has 0 radical (unpaired) electrons. The summed E-state index contributed by atoms with van der Waals surface area (Å²) in [6.45, 7) is 0. The van der Waals surface area contributed by atoms with E-state index in [1.54, 1.807) is 0 Å². The number of fused-ring (bicyclic) bond motifs is 1. The van der Waals surface area contributed by atoms with E-state index in [4.69, 9.17) is 5.73 Å². The molecule has 25 heavy (non-hydrogen) atoms. The van der Waals surface area contributed by atoms with Gasteiger partial charge in [-0.3, -0.25) is 0 Å². The molecule has 3 N–H and O–H groups in total. The average Bonchev–Trinajstić information content (AvgIpc) is 3.21. The summed E-state index contributed by atoms with van der Waals surface area (Å²) in [5, 5.41) is 0. The molecule has 1 fully saturated rings. The number of aromatic nitrogens is 3. The Morgan fingerprint density at radius 2 is 1.88 bits per heavy atom. The van der Waals surface area contributed by atoms with Gasteiger partial charge in [0, 0.05) is 5.92 Å². The summed E-state index contributed by atoms with van der Waals surface area (Å²) >= 11 is 0. The zero-order valence-electron chi connectivity index (χ0n) is 13.4. The maximum absolute atomic E-state index is 14.1. The summed E-state index contributed by atoms with van der Waals surface area (Å²) in [6.07, 6.45) is 5.59. The van der Waals surface area contributed by atoms with E-state index in [1.807, 2.05) is 0 Å². The number of aromatic amines is 1.